The molecular formula is C22H28N2O3. The van der Waals surface area contributed by atoms with Crippen LogP contribution in [0, 0.1) is 18.8 Å². The predicted octanol–water partition coefficient (Wildman–Crippen LogP) is 3.61. The Balaban J connectivity index is 1.80. The Morgan fingerprint density at radius 2 is 1.96 bits per heavy atom. The molecule has 0 aliphatic carbocycles. The molecule has 2 amide bonds. The van der Waals surface area contributed by atoms with Crippen LogP contribution in [-0.2, 0) is 4.79 Å². The summed E-state index contributed by atoms with van der Waals surface area (Å²) in [6.45, 7) is 7.93. The molecule has 0 unspecified atom stereocenters. The molecule has 0 bridgehead atoms. The Bertz CT molecular complexity index is 783. The third-order valence-corrected chi connectivity index (χ3v) is 5.28. The van der Waals surface area contributed by atoms with Crippen molar-refractivity contribution in [1.82, 2.24) is 10.2 Å². The van der Waals surface area contributed by atoms with Gasteiger partial charge in [-0.25, -0.2) is 0 Å². The van der Waals surface area contributed by atoms with Crippen LogP contribution in [0.15, 0.2) is 47.1 Å². The molecule has 1 fully saturated rings. The van der Waals surface area contributed by atoms with Gasteiger partial charge in [0.2, 0.25) is 5.91 Å². The van der Waals surface area contributed by atoms with Crippen LogP contribution in [0.1, 0.15) is 47.9 Å². The molecule has 0 saturated carbocycles. The van der Waals surface area contributed by atoms with Crippen LogP contribution in [-0.4, -0.2) is 36.3 Å². The van der Waals surface area contributed by atoms with Gasteiger partial charge in [0.1, 0.15) is 0 Å². The first-order valence-corrected chi connectivity index (χ1v) is 9.63. The van der Waals surface area contributed by atoms with Crippen LogP contribution in [0.3, 0.4) is 0 Å². The fourth-order valence-electron chi connectivity index (χ4n) is 3.72. The first-order chi connectivity index (χ1) is 13.0. The number of hydrogen-bond donors (Lipinski definition) is 1. The maximum Gasteiger partial charge on any atom is 0.289 e. The smallest absolute Gasteiger partial charge is 0.289 e. The fourth-order valence-corrected chi connectivity index (χ4v) is 3.72. The number of hydrogen-bond acceptors (Lipinski definition) is 3. The Kier molecular flexibility index (Phi) is 5.99. The number of furan rings is 1. The van der Waals surface area contributed by atoms with Crippen molar-refractivity contribution >= 4 is 11.8 Å². The average Bonchev–Trinajstić information content (AvgIpc) is 3.31. The molecule has 0 spiro atoms. The van der Waals surface area contributed by atoms with Crippen molar-refractivity contribution < 1.29 is 14.0 Å². The summed E-state index contributed by atoms with van der Waals surface area (Å²) >= 11 is 0. The zero-order valence-corrected chi connectivity index (χ0v) is 16.3. The van der Waals surface area contributed by atoms with Gasteiger partial charge in [-0.2, -0.15) is 0 Å². The highest BCUT2D eigenvalue weighted by atomic mass is 16.3. The first-order valence-electron chi connectivity index (χ1n) is 9.63. The number of benzene rings is 1. The summed E-state index contributed by atoms with van der Waals surface area (Å²) < 4.78 is 5.27. The standard InChI is InChI=1S/C22H28N2O3/c1-15(2)10-11-23-21(25)19-14-24(22(26)20-9-6-12-27-20)13-18(19)17-8-5-4-7-16(17)3/h4-9,12,15,18-19H,10-11,13-14H2,1-3H3,(H,23,25)/t18-,19+/m0/s1. The fraction of sp³-hybridized carbons (Fsp3) is 0.455. The lowest BCUT2D eigenvalue weighted by Crippen LogP contribution is -2.36. The van der Waals surface area contributed by atoms with Crippen LogP contribution in [0.25, 0.3) is 0 Å². The molecule has 5 heteroatoms. The largest absolute Gasteiger partial charge is 0.459 e. The van der Waals surface area contributed by atoms with Gasteiger partial charge in [0.15, 0.2) is 5.76 Å². The molecule has 27 heavy (non-hydrogen) atoms. The van der Waals surface area contributed by atoms with Crippen molar-refractivity contribution in [1.29, 1.82) is 0 Å². The van der Waals surface area contributed by atoms with E-state index in [1.807, 2.05) is 12.1 Å². The number of rotatable bonds is 6. The van der Waals surface area contributed by atoms with Crippen LogP contribution in [0.5, 0.6) is 0 Å². The van der Waals surface area contributed by atoms with Crippen molar-refractivity contribution in [3.63, 3.8) is 0 Å². The number of nitrogens with one attached hydrogen (secondary N) is 1. The number of amides is 2. The van der Waals surface area contributed by atoms with Gasteiger partial charge in [0.25, 0.3) is 5.91 Å². The van der Waals surface area contributed by atoms with E-state index in [9.17, 15) is 9.59 Å². The van der Waals surface area contributed by atoms with Gasteiger partial charge in [0.05, 0.1) is 12.2 Å². The average molecular weight is 368 g/mol. The summed E-state index contributed by atoms with van der Waals surface area (Å²) in [7, 11) is 0. The van der Waals surface area contributed by atoms with Crippen molar-refractivity contribution in [3.8, 4) is 0 Å². The summed E-state index contributed by atoms with van der Waals surface area (Å²) in [6.07, 6.45) is 2.45. The van der Waals surface area contributed by atoms with E-state index in [4.69, 9.17) is 4.42 Å². The third kappa shape index (κ3) is 4.41. The van der Waals surface area contributed by atoms with Gasteiger partial charge in [-0.3, -0.25) is 9.59 Å². The Labute approximate surface area is 160 Å². The van der Waals surface area contributed by atoms with E-state index in [1.54, 1.807) is 17.0 Å². The number of likely N-dealkylation sites (tertiary alicyclic amines) is 1. The van der Waals surface area contributed by atoms with Crippen LogP contribution < -0.4 is 5.32 Å². The van der Waals surface area contributed by atoms with Crippen LogP contribution in [0.2, 0.25) is 0 Å². The lowest BCUT2D eigenvalue weighted by atomic mass is 9.86. The Morgan fingerprint density at radius 3 is 2.63 bits per heavy atom. The maximum absolute atomic E-state index is 12.9. The molecule has 0 radical (unpaired) electrons. The first kappa shape index (κ1) is 19.2. The van der Waals surface area contributed by atoms with Gasteiger partial charge in [0, 0.05) is 25.6 Å². The zero-order chi connectivity index (χ0) is 19.4. The Morgan fingerprint density at radius 1 is 1.19 bits per heavy atom. The minimum Gasteiger partial charge on any atom is -0.459 e. The highest BCUT2D eigenvalue weighted by Gasteiger charge is 2.41. The lowest BCUT2D eigenvalue weighted by molar-refractivity contribution is -0.124. The topological polar surface area (TPSA) is 62.6 Å². The summed E-state index contributed by atoms with van der Waals surface area (Å²) in [5, 5.41) is 3.07. The lowest BCUT2D eigenvalue weighted by Gasteiger charge is -2.20. The number of carbonyl (C=O) groups excluding carboxylic acids is 2. The predicted molar refractivity (Wildman–Crippen MR) is 104 cm³/mol. The summed E-state index contributed by atoms with van der Waals surface area (Å²) in [4.78, 5) is 27.4. The number of aryl methyl sites for hydroxylation is 1. The second-order valence-electron chi connectivity index (χ2n) is 7.73. The second kappa shape index (κ2) is 8.42. The van der Waals surface area contributed by atoms with Crippen molar-refractivity contribution in [2.45, 2.75) is 33.1 Å². The molecule has 2 heterocycles. The van der Waals surface area contributed by atoms with E-state index in [0.29, 0.717) is 31.3 Å². The van der Waals surface area contributed by atoms with E-state index < -0.39 is 0 Å². The van der Waals surface area contributed by atoms with Crippen molar-refractivity contribution in [2.75, 3.05) is 19.6 Å². The number of nitrogens with zero attached hydrogens (tertiary/aromatic N) is 1. The van der Waals surface area contributed by atoms with Gasteiger partial charge in [-0.05, 0) is 42.5 Å². The Hall–Kier alpha value is -2.56. The highest BCUT2D eigenvalue weighted by molar-refractivity contribution is 5.92. The molecule has 3 rings (SSSR count). The second-order valence-corrected chi connectivity index (χ2v) is 7.73. The van der Waals surface area contributed by atoms with Crippen molar-refractivity contribution in [2.24, 2.45) is 11.8 Å². The van der Waals surface area contributed by atoms with Crippen LogP contribution >= 0.6 is 0 Å². The minimum absolute atomic E-state index is 0.0100. The minimum atomic E-state index is -0.253. The monoisotopic (exact) mass is 368 g/mol. The molecule has 2 atom stereocenters. The highest BCUT2D eigenvalue weighted by Crippen LogP contribution is 2.35. The molecule has 5 nitrogen and oxygen atoms in total. The van der Waals surface area contributed by atoms with E-state index >= 15 is 0 Å². The molecule has 1 aliphatic heterocycles. The summed E-state index contributed by atoms with van der Waals surface area (Å²) in [6, 6.07) is 11.5. The van der Waals surface area contributed by atoms with Gasteiger partial charge >= 0.3 is 0 Å². The van der Waals surface area contributed by atoms with E-state index in [2.05, 4.69) is 38.2 Å². The van der Waals surface area contributed by atoms with Gasteiger partial charge in [-0.1, -0.05) is 38.1 Å². The zero-order valence-electron chi connectivity index (χ0n) is 16.3. The molecule has 1 aromatic carbocycles. The molecule has 1 aliphatic rings. The molecule has 1 aromatic heterocycles. The van der Waals surface area contributed by atoms with Crippen LogP contribution in [0.4, 0.5) is 0 Å². The third-order valence-electron chi connectivity index (χ3n) is 5.28. The quantitative estimate of drug-likeness (QED) is 0.847. The number of carbonyl (C=O) groups is 2. The molecular weight excluding hydrogens is 340 g/mol. The summed E-state index contributed by atoms with van der Waals surface area (Å²) in [5.41, 5.74) is 2.28. The SMILES string of the molecule is Cc1ccccc1[C@@H]1CN(C(=O)c2ccco2)C[C@H]1C(=O)NCCC(C)C. The van der Waals surface area contributed by atoms with E-state index in [-0.39, 0.29) is 23.7 Å². The van der Waals surface area contributed by atoms with Gasteiger partial charge < -0.3 is 14.6 Å². The molecule has 144 valence electrons. The van der Waals surface area contributed by atoms with Crippen molar-refractivity contribution in [3.05, 3.63) is 59.5 Å². The van der Waals surface area contributed by atoms with Gasteiger partial charge in [-0.15, -0.1) is 0 Å². The molecule has 2 aromatic rings. The van der Waals surface area contributed by atoms with E-state index in [1.165, 1.54) is 6.26 Å². The normalized spacial score (nSPS) is 19.5. The maximum atomic E-state index is 12.9. The summed E-state index contributed by atoms with van der Waals surface area (Å²) in [5.74, 6) is 0.466. The van der Waals surface area contributed by atoms with E-state index in [0.717, 1.165) is 17.5 Å². The molecule has 1 saturated heterocycles. The molecule has 1 N–H and O–H groups in total.